The molecule has 0 heterocycles. The zero-order chi connectivity index (χ0) is 9.19. The minimum Gasteiger partial charge on any atom is -0.0885 e. The summed E-state index contributed by atoms with van der Waals surface area (Å²) in [6.07, 6.45) is 23.0. The van der Waals surface area contributed by atoms with E-state index in [-0.39, 0.29) is 0 Å². The van der Waals surface area contributed by atoms with Crippen molar-refractivity contribution in [3.63, 3.8) is 0 Å². The van der Waals surface area contributed by atoms with Crippen LogP contribution in [0.3, 0.4) is 0 Å². The van der Waals surface area contributed by atoms with Crippen molar-refractivity contribution in [3.8, 4) is 0 Å². The van der Waals surface area contributed by atoms with Gasteiger partial charge in [0.2, 0.25) is 0 Å². The topological polar surface area (TPSA) is 0 Å². The van der Waals surface area contributed by atoms with Gasteiger partial charge in [-0.05, 0) is 51.0 Å². The molecule has 71 valence electrons. The third kappa shape index (κ3) is 6.39. The molecule has 0 aromatic heterocycles. The molecule has 0 fully saturated rings. The van der Waals surface area contributed by atoms with Gasteiger partial charge < -0.3 is 0 Å². The Morgan fingerprint density at radius 2 is 1.38 bits per heavy atom. The Bertz CT molecular complexity index is 184. The van der Waals surface area contributed by atoms with Crippen molar-refractivity contribution in [2.24, 2.45) is 0 Å². The number of hydrogen-bond donors (Lipinski definition) is 0. The highest BCUT2D eigenvalue weighted by Gasteiger charge is 1.85. The maximum absolute atomic E-state index is 3.20. The summed E-state index contributed by atoms with van der Waals surface area (Å²) in [5.74, 6) is 0. The molecular formula is C13H19. The Morgan fingerprint density at radius 3 is 2.31 bits per heavy atom. The number of allylic oxidation sites excluding steroid dienone is 6. The average Bonchev–Trinajstić information content (AvgIpc) is 2.18. The molecular weight excluding hydrogens is 156 g/mol. The van der Waals surface area contributed by atoms with Gasteiger partial charge in [0.25, 0.3) is 0 Å². The average molecular weight is 175 g/mol. The third-order valence-corrected chi connectivity index (χ3v) is 2.21. The van der Waals surface area contributed by atoms with Crippen molar-refractivity contribution in [2.45, 2.75) is 44.9 Å². The molecule has 0 aliphatic heterocycles. The van der Waals surface area contributed by atoms with Crippen LogP contribution >= 0.6 is 0 Å². The summed E-state index contributed by atoms with van der Waals surface area (Å²) in [6.45, 7) is 0. The van der Waals surface area contributed by atoms with Crippen molar-refractivity contribution in [2.75, 3.05) is 0 Å². The highest BCUT2D eigenvalue weighted by Crippen LogP contribution is 2.05. The quantitative estimate of drug-likeness (QED) is 0.484. The molecule has 0 N–H and O–H groups in total. The van der Waals surface area contributed by atoms with Gasteiger partial charge in [-0.1, -0.05) is 30.4 Å². The Morgan fingerprint density at radius 1 is 0.692 bits per heavy atom. The van der Waals surface area contributed by atoms with Crippen LogP contribution in [-0.2, 0) is 0 Å². The van der Waals surface area contributed by atoms with Crippen LogP contribution in [0, 0.1) is 6.08 Å². The fourth-order valence-electron chi connectivity index (χ4n) is 1.40. The second-order valence-corrected chi connectivity index (χ2v) is 3.46. The Balaban J connectivity index is 2.28. The summed E-state index contributed by atoms with van der Waals surface area (Å²) in [4.78, 5) is 0. The lowest BCUT2D eigenvalue weighted by Gasteiger charge is -1.92. The summed E-state index contributed by atoms with van der Waals surface area (Å²) in [7, 11) is 0. The third-order valence-electron chi connectivity index (χ3n) is 2.21. The summed E-state index contributed by atoms with van der Waals surface area (Å²) in [6, 6.07) is 0. The van der Waals surface area contributed by atoms with E-state index in [0.29, 0.717) is 0 Å². The molecule has 1 radical (unpaired) electrons. The molecule has 0 amide bonds. The maximum Gasteiger partial charge on any atom is -0.0230 e. The molecule has 0 nitrogen and oxygen atoms in total. The first-order valence-corrected chi connectivity index (χ1v) is 5.38. The van der Waals surface area contributed by atoms with Gasteiger partial charge in [-0.3, -0.25) is 0 Å². The predicted octanol–water partition coefficient (Wildman–Crippen LogP) is 4.20. The van der Waals surface area contributed by atoms with E-state index in [0.717, 1.165) is 0 Å². The summed E-state index contributed by atoms with van der Waals surface area (Å²) >= 11 is 0. The van der Waals surface area contributed by atoms with E-state index in [2.05, 4.69) is 36.5 Å². The Labute approximate surface area is 82.0 Å². The Kier molecular flexibility index (Phi) is 6.22. The van der Waals surface area contributed by atoms with E-state index in [1.807, 2.05) is 0 Å². The van der Waals surface area contributed by atoms with Crippen molar-refractivity contribution in [1.82, 2.24) is 0 Å². The van der Waals surface area contributed by atoms with Gasteiger partial charge in [-0.15, -0.1) is 0 Å². The summed E-state index contributed by atoms with van der Waals surface area (Å²) in [5.41, 5.74) is 0. The highest BCUT2D eigenvalue weighted by atomic mass is 13.9. The van der Waals surface area contributed by atoms with Crippen molar-refractivity contribution >= 4 is 0 Å². The number of rotatable bonds is 0. The standard InChI is InChI=1S/C13H19/c1-2-4-6-8-10-12-13-11-9-7-5-3-1/h1-2,9,11-12H,3-8,10H2. The Hall–Kier alpha value is -0.780. The molecule has 1 rings (SSSR count). The van der Waals surface area contributed by atoms with E-state index in [1.54, 1.807) is 0 Å². The van der Waals surface area contributed by atoms with Gasteiger partial charge in [-0.25, -0.2) is 0 Å². The van der Waals surface area contributed by atoms with Crippen LogP contribution in [0.4, 0.5) is 0 Å². The molecule has 0 heteroatoms. The van der Waals surface area contributed by atoms with Gasteiger partial charge in [0.15, 0.2) is 0 Å². The molecule has 0 unspecified atom stereocenters. The normalized spacial score (nSPS) is 20.3. The van der Waals surface area contributed by atoms with Crippen LogP contribution in [0.5, 0.6) is 0 Å². The molecule has 0 saturated carbocycles. The van der Waals surface area contributed by atoms with Gasteiger partial charge >= 0.3 is 0 Å². The monoisotopic (exact) mass is 175 g/mol. The first kappa shape index (κ1) is 10.3. The lowest BCUT2D eigenvalue weighted by molar-refractivity contribution is 0.758. The SMILES string of the molecule is [C]1=CCCCCC=CCCCC=C1. The van der Waals surface area contributed by atoms with Crippen LogP contribution in [0.25, 0.3) is 0 Å². The molecule has 0 atom stereocenters. The molecule has 1 aliphatic rings. The smallest absolute Gasteiger partial charge is 0.0230 e. The molecule has 0 aromatic rings. The van der Waals surface area contributed by atoms with Crippen LogP contribution in [-0.4, -0.2) is 0 Å². The molecule has 13 heavy (non-hydrogen) atoms. The van der Waals surface area contributed by atoms with Gasteiger partial charge in [0.05, 0.1) is 0 Å². The van der Waals surface area contributed by atoms with Crippen LogP contribution in [0.1, 0.15) is 44.9 Å². The largest absolute Gasteiger partial charge is 0.0885 e. The highest BCUT2D eigenvalue weighted by molar-refractivity contribution is 4.95. The van der Waals surface area contributed by atoms with Crippen molar-refractivity contribution < 1.29 is 0 Å². The van der Waals surface area contributed by atoms with E-state index < -0.39 is 0 Å². The van der Waals surface area contributed by atoms with Crippen LogP contribution < -0.4 is 0 Å². The fraction of sp³-hybridized carbons (Fsp3) is 0.538. The lowest BCUT2D eigenvalue weighted by atomic mass is 10.1. The van der Waals surface area contributed by atoms with Crippen molar-refractivity contribution in [1.29, 1.82) is 0 Å². The second-order valence-electron chi connectivity index (χ2n) is 3.46. The predicted molar refractivity (Wildman–Crippen MR) is 58.4 cm³/mol. The van der Waals surface area contributed by atoms with E-state index >= 15 is 0 Å². The summed E-state index contributed by atoms with van der Waals surface area (Å²) in [5, 5.41) is 0. The zero-order valence-electron chi connectivity index (χ0n) is 8.34. The zero-order valence-corrected chi connectivity index (χ0v) is 8.34. The lowest BCUT2D eigenvalue weighted by Crippen LogP contribution is -1.72. The van der Waals surface area contributed by atoms with Gasteiger partial charge in [0.1, 0.15) is 0 Å². The van der Waals surface area contributed by atoms with Gasteiger partial charge in [0, 0.05) is 0 Å². The maximum atomic E-state index is 3.20. The molecule has 0 aromatic carbocycles. The van der Waals surface area contributed by atoms with E-state index in [4.69, 9.17) is 0 Å². The minimum absolute atomic E-state index is 1.18. The minimum atomic E-state index is 1.18. The number of hydrogen-bond acceptors (Lipinski definition) is 0. The molecule has 0 bridgehead atoms. The first-order valence-electron chi connectivity index (χ1n) is 5.38. The summed E-state index contributed by atoms with van der Waals surface area (Å²) < 4.78 is 0. The van der Waals surface area contributed by atoms with Crippen LogP contribution in [0.2, 0.25) is 0 Å². The van der Waals surface area contributed by atoms with E-state index in [1.165, 1.54) is 44.9 Å². The second kappa shape index (κ2) is 7.85. The molecule has 0 spiro atoms. The first-order chi connectivity index (χ1) is 6.50. The fourth-order valence-corrected chi connectivity index (χ4v) is 1.40. The van der Waals surface area contributed by atoms with Gasteiger partial charge in [-0.2, -0.15) is 0 Å². The van der Waals surface area contributed by atoms with Crippen LogP contribution in [0.15, 0.2) is 30.4 Å². The molecule has 0 saturated heterocycles. The van der Waals surface area contributed by atoms with Crippen molar-refractivity contribution in [3.05, 3.63) is 36.5 Å². The van der Waals surface area contributed by atoms with E-state index in [9.17, 15) is 0 Å². The molecule has 1 aliphatic carbocycles.